The molecule has 0 unspecified atom stereocenters. The third kappa shape index (κ3) is 3.23. The van der Waals surface area contributed by atoms with Crippen molar-refractivity contribution in [2.45, 2.75) is 20.4 Å². The Morgan fingerprint density at radius 2 is 2.06 bits per heavy atom. The zero-order valence-electron chi connectivity index (χ0n) is 11.1. The monoisotopic (exact) mass is 247 g/mol. The Labute approximate surface area is 108 Å². The summed E-state index contributed by atoms with van der Waals surface area (Å²) in [7, 11) is 0. The minimum Gasteiger partial charge on any atom is -0.378 e. The summed E-state index contributed by atoms with van der Waals surface area (Å²) in [5.41, 5.74) is 9.78. The van der Waals surface area contributed by atoms with Gasteiger partial charge in [-0.15, -0.1) is 0 Å². The van der Waals surface area contributed by atoms with E-state index in [1.807, 2.05) is 0 Å². The van der Waals surface area contributed by atoms with Gasteiger partial charge in [0.05, 0.1) is 19.8 Å². The average Bonchev–Trinajstić information content (AvgIpc) is 2.38. The van der Waals surface area contributed by atoms with Crippen molar-refractivity contribution < 1.29 is 4.74 Å². The molecule has 1 aromatic rings. The second-order valence-electron chi connectivity index (χ2n) is 4.70. The number of aliphatic imine (C=N–C) groups is 1. The van der Waals surface area contributed by atoms with Gasteiger partial charge in [0, 0.05) is 13.1 Å². The fraction of sp³-hybridized carbons (Fsp3) is 0.500. The summed E-state index contributed by atoms with van der Waals surface area (Å²) in [4.78, 5) is 6.55. The van der Waals surface area contributed by atoms with Crippen molar-refractivity contribution in [3.05, 3.63) is 34.9 Å². The summed E-state index contributed by atoms with van der Waals surface area (Å²) in [5.74, 6) is 0.623. The first-order valence-corrected chi connectivity index (χ1v) is 6.35. The molecule has 1 aliphatic heterocycles. The van der Waals surface area contributed by atoms with Crippen molar-refractivity contribution in [3.8, 4) is 0 Å². The third-order valence-electron chi connectivity index (χ3n) is 3.24. The smallest absolute Gasteiger partial charge is 0.191 e. The average molecular weight is 247 g/mol. The molecular formula is C14H21N3O. The Hall–Kier alpha value is -1.55. The minimum absolute atomic E-state index is 0.623. The van der Waals surface area contributed by atoms with Crippen molar-refractivity contribution in [2.24, 2.45) is 10.7 Å². The van der Waals surface area contributed by atoms with Crippen LogP contribution in [-0.2, 0) is 11.3 Å². The summed E-state index contributed by atoms with van der Waals surface area (Å²) in [6.45, 7) is 8.00. The summed E-state index contributed by atoms with van der Waals surface area (Å²) in [6, 6.07) is 6.42. The fourth-order valence-electron chi connectivity index (χ4n) is 2.08. The van der Waals surface area contributed by atoms with Crippen molar-refractivity contribution in [1.29, 1.82) is 0 Å². The van der Waals surface area contributed by atoms with E-state index in [4.69, 9.17) is 10.5 Å². The van der Waals surface area contributed by atoms with Crippen LogP contribution in [0.2, 0.25) is 0 Å². The number of aryl methyl sites for hydroxylation is 2. The third-order valence-corrected chi connectivity index (χ3v) is 3.24. The van der Waals surface area contributed by atoms with Crippen LogP contribution in [0, 0.1) is 13.8 Å². The highest BCUT2D eigenvalue weighted by atomic mass is 16.5. The zero-order chi connectivity index (χ0) is 13.0. The fourth-order valence-corrected chi connectivity index (χ4v) is 2.08. The number of ether oxygens (including phenoxy) is 1. The molecule has 1 aromatic carbocycles. The lowest BCUT2D eigenvalue weighted by Gasteiger charge is -2.27. The molecule has 0 bridgehead atoms. The van der Waals surface area contributed by atoms with E-state index in [0.717, 1.165) is 26.3 Å². The second kappa shape index (κ2) is 5.87. The number of rotatable bonds is 2. The molecule has 0 atom stereocenters. The van der Waals surface area contributed by atoms with E-state index in [0.29, 0.717) is 12.5 Å². The lowest BCUT2D eigenvalue weighted by atomic mass is 10.1. The van der Waals surface area contributed by atoms with E-state index in [-0.39, 0.29) is 0 Å². The maximum atomic E-state index is 6.00. The van der Waals surface area contributed by atoms with Crippen LogP contribution in [0.25, 0.3) is 0 Å². The molecule has 0 aromatic heterocycles. The van der Waals surface area contributed by atoms with Crippen LogP contribution in [0.15, 0.2) is 23.2 Å². The quantitative estimate of drug-likeness (QED) is 0.635. The number of benzene rings is 1. The minimum atomic E-state index is 0.623. The number of nitrogens with two attached hydrogens (primary N) is 1. The lowest BCUT2D eigenvalue weighted by Crippen LogP contribution is -2.44. The van der Waals surface area contributed by atoms with Gasteiger partial charge in [0.25, 0.3) is 0 Å². The molecule has 2 N–H and O–H groups in total. The molecule has 0 spiro atoms. The van der Waals surface area contributed by atoms with Crippen molar-refractivity contribution >= 4 is 5.96 Å². The summed E-state index contributed by atoms with van der Waals surface area (Å²) >= 11 is 0. The highest BCUT2D eigenvalue weighted by molar-refractivity contribution is 5.78. The van der Waals surface area contributed by atoms with E-state index in [1.165, 1.54) is 16.7 Å². The second-order valence-corrected chi connectivity index (χ2v) is 4.70. The van der Waals surface area contributed by atoms with Gasteiger partial charge in [-0.2, -0.15) is 0 Å². The summed E-state index contributed by atoms with van der Waals surface area (Å²) in [5, 5.41) is 0. The van der Waals surface area contributed by atoms with Gasteiger partial charge in [0.2, 0.25) is 0 Å². The summed E-state index contributed by atoms with van der Waals surface area (Å²) in [6.07, 6.45) is 0. The maximum absolute atomic E-state index is 6.00. The Morgan fingerprint density at radius 1 is 1.33 bits per heavy atom. The highest BCUT2D eigenvalue weighted by Gasteiger charge is 2.11. The molecule has 4 heteroatoms. The molecule has 1 aliphatic rings. The molecule has 4 nitrogen and oxygen atoms in total. The van der Waals surface area contributed by atoms with E-state index < -0.39 is 0 Å². The van der Waals surface area contributed by atoms with E-state index in [1.54, 1.807) is 0 Å². The molecule has 1 heterocycles. The van der Waals surface area contributed by atoms with Gasteiger partial charge in [-0.05, 0) is 25.0 Å². The number of hydrogen-bond donors (Lipinski definition) is 1. The highest BCUT2D eigenvalue weighted by Crippen LogP contribution is 2.11. The zero-order valence-corrected chi connectivity index (χ0v) is 11.1. The van der Waals surface area contributed by atoms with Gasteiger partial charge in [-0.25, -0.2) is 4.99 Å². The molecule has 2 rings (SSSR count). The molecule has 0 amide bonds. The Bertz CT molecular complexity index is 437. The van der Waals surface area contributed by atoms with Crippen LogP contribution in [0.5, 0.6) is 0 Å². The van der Waals surface area contributed by atoms with Crippen LogP contribution < -0.4 is 5.73 Å². The molecular weight excluding hydrogens is 226 g/mol. The predicted molar refractivity (Wildman–Crippen MR) is 73.6 cm³/mol. The molecule has 18 heavy (non-hydrogen) atoms. The van der Waals surface area contributed by atoms with Crippen LogP contribution in [0.1, 0.15) is 16.7 Å². The van der Waals surface area contributed by atoms with Crippen LogP contribution in [0.3, 0.4) is 0 Å². The molecule has 0 radical (unpaired) electrons. The predicted octanol–water partition coefficient (Wildman–Crippen LogP) is 1.45. The molecule has 0 saturated carbocycles. The summed E-state index contributed by atoms with van der Waals surface area (Å²) < 4.78 is 5.29. The normalized spacial score (nSPS) is 17.0. The molecule has 1 fully saturated rings. The number of hydrogen-bond acceptors (Lipinski definition) is 2. The molecule has 1 saturated heterocycles. The van der Waals surface area contributed by atoms with Gasteiger partial charge >= 0.3 is 0 Å². The maximum Gasteiger partial charge on any atom is 0.191 e. The number of nitrogens with zero attached hydrogens (tertiary/aromatic N) is 2. The lowest BCUT2D eigenvalue weighted by molar-refractivity contribution is 0.0674. The molecule has 98 valence electrons. The Morgan fingerprint density at radius 3 is 2.72 bits per heavy atom. The standard InChI is InChI=1S/C14H21N3O/c1-11-3-4-13(12(2)9-11)10-16-14(15)17-5-7-18-8-6-17/h3-4,9H,5-8,10H2,1-2H3,(H2,15,16). The largest absolute Gasteiger partial charge is 0.378 e. The van der Waals surface area contributed by atoms with Gasteiger partial charge in [-0.3, -0.25) is 0 Å². The van der Waals surface area contributed by atoms with E-state index in [9.17, 15) is 0 Å². The van der Waals surface area contributed by atoms with Gasteiger partial charge in [-0.1, -0.05) is 23.8 Å². The van der Waals surface area contributed by atoms with Gasteiger partial charge in [0.1, 0.15) is 0 Å². The van der Waals surface area contributed by atoms with Crippen LogP contribution in [0.4, 0.5) is 0 Å². The van der Waals surface area contributed by atoms with Crippen molar-refractivity contribution in [1.82, 2.24) is 4.90 Å². The molecule has 0 aliphatic carbocycles. The van der Waals surface area contributed by atoms with E-state index >= 15 is 0 Å². The van der Waals surface area contributed by atoms with Gasteiger partial charge in [0.15, 0.2) is 5.96 Å². The van der Waals surface area contributed by atoms with Crippen LogP contribution in [-0.4, -0.2) is 37.2 Å². The first kappa shape index (κ1) is 12.9. The van der Waals surface area contributed by atoms with E-state index in [2.05, 4.69) is 41.9 Å². The van der Waals surface area contributed by atoms with Crippen molar-refractivity contribution in [2.75, 3.05) is 26.3 Å². The number of morpholine rings is 1. The van der Waals surface area contributed by atoms with Crippen LogP contribution >= 0.6 is 0 Å². The topological polar surface area (TPSA) is 50.8 Å². The first-order valence-electron chi connectivity index (χ1n) is 6.35. The Balaban J connectivity index is 2.00. The Kier molecular flexibility index (Phi) is 4.20. The first-order chi connectivity index (χ1) is 8.66. The SMILES string of the molecule is Cc1ccc(CN=C(N)N2CCOCC2)c(C)c1. The van der Waals surface area contributed by atoms with Gasteiger partial charge < -0.3 is 15.4 Å². The van der Waals surface area contributed by atoms with Crippen molar-refractivity contribution in [3.63, 3.8) is 0 Å². The number of guanidine groups is 1.